The van der Waals surface area contributed by atoms with Gasteiger partial charge in [-0.15, -0.1) is 0 Å². The molecule has 1 aliphatic heterocycles. The van der Waals surface area contributed by atoms with Crippen molar-refractivity contribution in [3.05, 3.63) is 101 Å². The van der Waals surface area contributed by atoms with E-state index in [1.54, 1.807) is 19.5 Å². The van der Waals surface area contributed by atoms with E-state index in [0.29, 0.717) is 17.4 Å². The summed E-state index contributed by atoms with van der Waals surface area (Å²) in [5.74, 6) is 1.84. The lowest BCUT2D eigenvalue weighted by atomic mass is 9.78. The van der Waals surface area contributed by atoms with Gasteiger partial charge < -0.3 is 10.5 Å². The molecule has 0 bridgehead atoms. The fourth-order valence-electron chi connectivity index (χ4n) is 5.00. The average Bonchev–Trinajstić information content (AvgIpc) is 3.68. The van der Waals surface area contributed by atoms with Gasteiger partial charge in [0.25, 0.3) is 0 Å². The number of ether oxygens (including phenoxy) is 1. The SMILES string of the molecule is COc1c(C)cc(C2(c3cccc(-c4cncnc4)c3)N=C(N)c3nccnc32)cc1C1CC1. The molecule has 1 unspecified atom stereocenters. The van der Waals surface area contributed by atoms with E-state index in [-0.39, 0.29) is 0 Å². The maximum atomic E-state index is 6.45. The van der Waals surface area contributed by atoms with Crippen molar-refractivity contribution >= 4 is 5.84 Å². The molecule has 0 saturated heterocycles. The predicted molar refractivity (Wildman–Crippen MR) is 130 cm³/mol. The van der Waals surface area contributed by atoms with E-state index in [2.05, 4.69) is 46.1 Å². The molecule has 2 aliphatic rings. The molecule has 1 atom stereocenters. The second kappa shape index (κ2) is 7.73. The summed E-state index contributed by atoms with van der Waals surface area (Å²) in [6, 6.07) is 12.6. The van der Waals surface area contributed by atoms with E-state index in [0.717, 1.165) is 52.1 Å². The standard InChI is InChI=1S/C27H24N6O/c1-16-10-21(12-22(17-6-7-17)24(16)34-2)27(25-23(26(28)33-27)31-8-9-32-25)20-5-3-4-18(11-20)19-13-29-15-30-14-19/h3-5,8-15,17H,6-7H2,1-2H3,(H2,28,33). The van der Waals surface area contributed by atoms with Gasteiger partial charge >= 0.3 is 0 Å². The molecule has 3 heterocycles. The molecule has 168 valence electrons. The molecule has 0 amide bonds. The lowest BCUT2D eigenvalue weighted by molar-refractivity contribution is 0.406. The summed E-state index contributed by atoms with van der Waals surface area (Å²) < 4.78 is 5.80. The van der Waals surface area contributed by atoms with E-state index in [1.807, 2.05) is 24.5 Å². The summed E-state index contributed by atoms with van der Waals surface area (Å²) in [5.41, 5.74) is 13.1. The Hall–Kier alpha value is -4.13. The topological polar surface area (TPSA) is 99.2 Å². The number of fused-ring (bicyclic) bond motifs is 1. The zero-order valence-electron chi connectivity index (χ0n) is 19.1. The van der Waals surface area contributed by atoms with Crippen LogP contribution in [0.25, 0.3) is 11.1 Å². The number of benzene rings is 2. The molecule has 1 aliphatic carbocycles. The van der Waals surface area contributed by atoms with Gasteiger partial charge in [0.15, 0.2) is 5.54 Å². The van der Waals surface area contributed by atoms with Crippen molar-refractivity contribution in [3.63, 3.8) is 0 Å². The van der Waals surface area contributed by atoms with E-state index >= 15 is 0 Å². The van der Waals surface area contributed by atoms with Gasteiger partial charge in [-0.1, -0.05) is 18.2 Å². The van der Waals surface area contributed by atoms with Crippen molar-refractivity contribution in [1.29, 1.82) is 0 Å². The maximum absolute atomic E-state index is 6.45. The van der Waals surface area contributed by atoms with Gasteiger partial charge in [0.1, 0.15) is 29.3 Å². The molecule has 1 saturated carbocycles. The summed E-state index contributed by atoms with van der Waals surface area (Å²) in [6.07, 6.45) is 10.8. The highest BCUT2D eigenvalue weighted by Gasteiger charge is 2.46. The molecule has 2 N–H and O–H groups in total. The molecule has 4 aromatic rings. The Kier molecular flexibility index (Phi) is 4.65. The summed E-state index contributed by atoms with van der Waals surface area (Å²) in [7, 11) is 1.74. The molecule has 6 rings (SSSR count). The normalized spacial score (nSPS) is 18.9. The number of aryl methyl sites for hydroxylation is 1. The van der Waals surface area contributed by atoms with Crippen LogP contribution in [0.2, 0.25) is 0 Å². The Morgan fingerprint density at radius 2 is 1.76 bits per heavy atom. The molecular formula is C27H24N6O. The first kappa shape index (κ1) is 20.5. The summed E-state index contributed by atoms with van der Waals surface area (Å²) >= 11 is 0. The minimum Gasteiger partial charge on any atom is -0.496 e. The third-order valence-corrected chi connectivity index (χ3v) is 6.69. The molecule has 1 fully saturated rings. The number of hydrogen-bond acceptors (Lipinski definition) is 7. The van der Waals surface area contributed by atoms with Crippen LogP contribution in [0.3, 0.4) is 0 Å². The van der Waals surface area contributed by atoms with Crippen LogP contribution in [-0.2, 0) is 5.54 Å². The Morgan fingerprint density at radius 3 is 2.53 bits per heavy atom. The third kappa shape index (κ3) is 3.08. The number of amidine groups is 1. The fourth-order valence-corrected chi connectivity index (χ4v) is 5.00. The van der Waals surface area contributed by atoms with Crippen molar-refractivity contribution < 1.29 is 4.74 Å². The monoisotopic (exact) mass is 448 g/mol. The largest absolute Gasteiger partial charge is 0.496 e. The highest BCUT2D eigenvalue weighted by molar-refractivity contribution is 6.01. The second-order valence-corrected chi connectivity index (χ2v) is 8.86. The van der Waals surface area contributed by atoms with Crippen molar-refractivity contribution in [2.75, 3.05) is 7.11 Å². The number of nitrogens with zero attached hydrogens (tertiary/aromatic N) is 5. The summed E-state index contributed by atoms with van der Waals surface area (Å²) in [4.78, 5) is 22.7. The van der Waals surface area contributed by atoms with E-state index in [9.17, 15) is 0 Å². The first-order valence-electron chi connectivity index (χ1n) is 11.3. The number of rotatable bonds is 5. The molecule has 2 aromatic heterocycles. The molecule has 34 heavy (non-hydrogen) atoms. The zero-order valence-corrected chi connectivity index (χ0v) is 19.1. The molecule has 0 radical (unpaired) electrons. The number of hydrogen-bond donors (Lipinski definition) is 1. The van der Waals surface area contributed by atoms with E-state index < -0.39 is 5.54 Å². The first-order chi connectivity index (χ1) is 16.6. The number of aromatic nitrogens is 4. The third-order valence-electron chi connectivity index (χ3n) is 6.69. The fraction of sp³-hybridized carbons (Fsp3) is 0.222. The van der Waals surface area contributed by atoms with Crippen LogP contribution in [0.1, 0.15) is 52.4 Å². The van der Waals surface area contributed by atoms with Crippen molar-refractivity contribution in [3.8, 4) is 16.9 Å². The summed E-state index contributed by atoms with van der Waals surface area (Å²) in [6.45, 7) is 2.08. The highest BCUT2D eigenvalue weighted by atomic mass is 16.5. The Bertz CT molecular complexity index is 1430. The zero-order chi connectivity index (χ0) is 23.3. The average molecular weight is 449 g/mol. The minimum absolute atomic E-state index is 0.387. The van der Waals surface area contributed by atoms with Gasteiger partial charge in [0.05, 0.1) is 7.11 Å². The molecular weight excluding hydrogens is 424 g/mol. The minimum atomic E-state index is -0.917. The Labute approximate surface area is 197 Å². The molecule has 0 spiro atoms. The Balaban J connectivity index is 1.64. The smallest absolute Gasteiger partial charge is 0.157 e. The number of aliphatic imine (C=N–C) groups is 1. The van der Waals surface area contributed by atoms with Crippen molar-refractivity contribution in [2.24, 2.45) is 10.7 Å². The second-order valence-electron chi connectivity index (χ2n) is 8.86. The first-order valence-corrected chi connectivity index (χ1v) is 11.3. The molecule has 7 heteroatoms. The lowest BCUT2D eigenvalue weighted by Crippen LogP contribution is -2.27. The predicted octanol–water partition coefficient (Wildman–Crippen LogP) is 4.14. The van der Waals surface area contributed by atoms with Crippen LogP contribution in [0.4, 0.5) is 0 Å². The summed E-state index contributed by atoms with van der Waals surface area (Å²) in [5, 5.41) is 0. The van der Waals surface area contributed by atoms with E-state index in [4.69, 9.17) is 20.4 Å². The highest BCUT2D eigenvalue weighted by Crippen LogP contribution is 2.50. The van der Waals surface area contributed by atoms with Crippen LogP contribution in [0, 0.1) is 6.92 Å². The van der Waals surface area contributed by atoms with Crippen LogP contribution < -0.4 is 10.5 Å². The van der Waals surface area contributed by atoms with Crippen molar-refractivity contribution in [2.45, 2.75) is 31.2 Å². The van der Waals surface area contributed by atoms with Gasteiger partial charge in [0, 0.05) is 30.4 Å². The quantitative estimate of drug-likeness (QED) is 0.493. The number of methoxy groups -OCH3 is 1. The lowest BCUT2D eigenvalue weighted by Gasteiger charge is -2.29. The van der Waals surface area contributed by atoms with Gasteiger partial charge in [-0.05, 0) is 71.7 Å². The molecule has 7 nitrogen and oxygen atoms in total. The maximum Gasteiger partial charge on any atom is 0.157 e. The van der Waals surface area contributed by atoms with Gasteiger partial charge in [0.2, 0.25) is 0 Å². The van der Waals surface area contributed by atoms with E-state index in [1.165, 1.54) is 11.9 Å². The Morgan fingerprint density at radius 1 is 0.971 bits per heavy atom. The van der Waals surface area contributed by atoms with Crippen LogP contribution in [0.15, 0.2) is 72.5 Å². The van der Waals surface area contributed by atoms with Crippen LogP contribution in [-0.4, -0.2) is 32.9 Å². The van der Waals surface area contributed by atoms with Gasteiger partial charge in [-0.25, -0.2) is 19.9 Å². The van der Waals surface area contributed by atoms with Crippen molar-refractivity contribution in [1.82, 2.24) is 19.9 Å². The van der Waals surface area contributed by atoms with Gasteiger partial charge in [-0.3, -0.25) is 4.98 Å². The number of nitrogens with two attached hydrogens (primary N) is 1. The molecule has 2 aromatic carbocycles. The van der Waals surface area contributed by atoms with Crippen LogP contribution >= 0.6 is 0 Å². The van der Waals surface area contributed by atoms with Crippen LogP contribution in [0.5, 0.6) is 5.75 Å². The van der Waals surface area contributed by atoms with Gasteiger partial charge in [-0.2, -0.15) is 0 Å².